The van der Waals surface area contributed by atoms with Crippen molar-refractivity contribution in [1.29, 1.82) is 0 Å². The van der Waals surface area contributed by atoms with Gasteiger partial charge in [-0.05, 0) is 57.3 Å². The Morgan fingerprint density at radius 3 is 2.09 bits per heavy atom. The van der Waals surface area contributed by atoms with Crippen LogP contribution in [0, 0.1) is 7.14 Å². The van der Waals surface area contributed by atoms with E-state index in [0.29, 0.717) is 5.56 Å². The minimum absolute atomic E-state index is 0.674. The van der Waals surface area contributed by atoms with Gasteiger partial charge in [0.05, 0.1) is 5.69 Å². The molecule has 0 aliphatic heterocycles. The Kier molecular flexibility index (Phi) is 3.11. The van der Waals surface area contributed by atoms with E-state index in [2.05, 4.69) is 45.2 Å². The summed E-state index contributed by atoms with van der Waals surface area (Å²) < 4.78 is 1.85. The van der Waals surface area contributed by atoms with Gasteiger partial charge in [0.15, 0.2) is 0 Å². The van der Waals surface area contributed by atoms with Crippen LogP contribution in [0.1, 0.15) is 10.4 Å². The fourth-order valence-corrected chi connectivity index (χ4v) is 2.49. The molecule has 0 aromatic heterocycles. The molecule has 2 N–H and O–H groups in total. The monoisotopic (exact) mass is 373 g/mol. The van der Waals surface area contributed by atoms with Crippen molar-refractivity contribution in [1.82, 2.24) is 0 Å². The van der Waals surface area contributed by atoms with Gasteiger partial charge >= 0.3 is 0 Å². The topological polar surface area (TPSA) is 43.1 Å². The van der Waals surface area contributed by atoms with Crippen molar-refractivity contribution in [2.45, 2.75) is 0 Å². The summed E-state index contributed by atoms with van der Waals surface area (Å²) in [7, 11) is 0. The average Bonchev–Trinajstić information content (AvgIpc) is 1.99. The second-order valence-corrected chi connectivity index (χ2v) is 4.34. The molecule has 0 aliphatic rings. The fourth-order valence-electron chi connectivity index (χ4n) is 0.672. The fraction of sp³-hybridized carbons (Fsp3) is 0. The first-order valence-corrected chi connectivity index (χ1v) is 5.00. The number of rotatable bonds is 1. The highest BCUT2D eigenvalue weighted by molar-refractivity contribution is 14.1. The number of anilines is 1. The van der Waals surface area contributed by atoms with Crippen molar-refractivity contribution in [3.63, 3.8) is 0 Å². The van der Waals surface area contributed by atoms with Crippen molar-refractivity contribution in [3.8, 4) is 0 Å². The number of carbonyl (C=O) groups is 1. The van der Waals surface area contributed by atoms with E-state index in [1.165, 1.54) is 0 Å². The zero-order chi connectivity index (χ0) is 8.43. The first-order chi connectivity index (χ1) is 5.15. The first-order valence-electron chi connectivity index (χ1n) is 2.85. The van der Waals surface area contributed by atoms with Crippen LogP contribution < -0.4 is 5.73 Å². The smallest absolute Gasteiger partial charge is 0.150 e. The zero-order valence-electron chi connectivity index (χ0n) is 5.47. The maximum atomic E-state index is 10.4. The molecule has 1 aromatic carbocycles. The Bertz CT molecular complexity index is 275. The Morgan fingerprint density at radius 1 is 1.27 bits per heavy atom. The van der Waals surface area contributed by atoms with Crippen LogP contribution in [-0.2, 0) is 0 Å². The number of carbonyl (C=O) groups excluding carboxylic acids is 1. The Morgan fingerprint density at radius 2 is 1.73 bits per heavy atom. The molecule has 0 saturated heterocycles. The third kappa shape index (κ3) is 2.05. The molecule has 0 aliphatic carbocycles. The number of halogens is 2. The lowest BCUT2D eigenvalue weighted by molar-refractivity contribution is 0.112. The van der Waals surface area contributed by atoms with Crippen molar-refractivity contribution in [3.05, 3.63) is 24.8 Å². The Labute approximate surface area is 91.8 Å². The van der Waals surface area contributed by atoms with Crippen molar-refractivity contribution in [2.75, 3.05) is 5.73 Å². The van der Waals surface area contributed by atoms with Gasteiger partial charge in [0.2, 0.25) is 0 Å². The maximum Gasteiger partial charge on any atom is 0.150 e. The van der Waals surface area contributed by atoms with Crippen LogP contribution in [0.2, 0.25) is 0 Å². The Hall–Kier alpha value is 0.150. The van der Waals surface area contributed by atoms with E-state index >= 15 is 0 Å². The SMILES string of the molecule is Nc1c(I)cc(C=O)cc1I. The number of benzene rings is 1. The molecule has 0 atom stereocenters. The maximum absolute atomic E-state index is 10.4. The van der Waals surface area contributed by atoms with Gasteiger partial charge in [0, 0.05) is 12.7 Å². The normalized spacial score (nSPS) is 9.64. The van der Waals surface area contributed by atoms with Gasteiger partial charge in [-0.15, -0.1) is 0 Å². The van der Waals surface area contributed by atoms with Crippen LogP contribution in [0.15, 0.2) is 12.1 Å². The second kappa shape index (κ2) is 3.70. The molecule has 1 aromatic rings. The average molecular weight is 373 g/mol. The molecule has 0 saturated carbocycles. The highest BCUT2D eigenvalue weighted by Gasteiger charge is 2.02. The molecule has 58 valence electrons. The summed E-state index contributed by atoms with van der Waals surface area (Å²) in [6.45, 7) is 0. The molecule has 0 fully saturated rings. The molecule has 0 spiro atoms. The third-order valence-electron chi connectivity index (χ3n) is 1.24. The number of hydrogen-bond donors (Lipinski definition) is 1. The highest BCUT2D eigenvalue weighted by Crippen LogP contribution is 2.22. The van der Waals surface area contributed by atoms with Crippen molar-refractivity contribution in [2.24, 2.45) is 0 Å². The summed E-state index contributed by atoms with van der Waals surface area (Å²) in [5.41, 5.74) is 7.10. The van der Waals surface area contributed by atoms with E-state index in [0.717, 1.165) is 19.1 Å². The summed E-state index contributed by atoms with van der Waals surface area (Å²) in [5, 5.41) is 0. The van der Waals surface area contributed by atoms with Crippen LogP contribution in [0.4, 0.5) is 5.69 Å². The highest BCUT2D eigenvalue weighted by atomic mass is 127. The van der Waals surface area contributed by atoms with Gasteiger partial charge < -0.3 is 5.73 Å². The molecule has 11 heavy (non-hydrogen) atoms. The molecule has 1 rings (SSSR count). The van der Waals surface area contributed by atoms with Crippen LogP contribution in [0.5, 0.6) is 0 Å². The van der Waals surface area contributed by atoms with Crippen LogP contribution in [0.25, 0.3) is 0 Å². The minimum Gasteiger partial charge on any atom is -0.397 e. The predicted octanol–water partition coefficient (Wildman–Crippen LogP) is 2.29. The van der Waals surface area contributed by atoms with Crippen LogP contribution in [0.3, 0.4) is 0 Å². The summed E-state index contributed by atoms with van der Waals surface area (Å²) in [6, 6.07) is 3.54. The van der Waals surface area contributed by atoms with Gasteiger partial charge in [-0.25, -0.2) is 0 Å². The lowest BCUT2D eigenvalue weighted by Gasteiger charge is -2.01. The summed E-state index contributed by atoms with van der Waals surface area (Å²) in [6.07, 6.45) is 0.823. The van der Waals surface area contributed by atoms with Gasteiger partial charge in [-0.1, -0.05) is 0 Å². The zero-order valence-corrected chi connectivity index (χ0v) is 9.79. The molecular weight excluding hydrogens is 368 g/mol. The van der Waals surface area contributed by atoms with E-state index in [9.17, 15) is 4.79 Å². The quantitative estimate of drug-likeness (QED) is 0.467. The number of aldehydes is 1. The molecule has 2 nitrogen and oxygen atoms in total. The molecular formula is C7H5I2NO. The van der Waals surface area contributed by atoms with E-state index in [1.54, 1.807) is 12.1 Å². The summed E-state index contributed by atoms with van der Waals surface area (Å²) in [5.74, 6) is 0. The van der Waals surface area contributed by atoms with Gasteiger partial charge in [-0.2, -0.15) is 0 Å². The number of hydrogen-bond acceptors (Lipinski definition) is 2. The van der Waals surface area contributed by atoms with Crippen molar-refractivity contribution >= 4 is 57.2 Å². The largest absolute Gasteiger partial charge is 0.397 e. The lowest BCUT2D eigenvalue weighted by atomic mass is 10.2. The van der Waals surface area contributed by atoms with E-state index < -0.39 is 0 Å². The molecule has 0 radical (unpaired) electrons. The van der Waals surface area contributed by atoms with Gasteiger partial charge in [0.25, 0.3) is 0 Å². The minimum atomic E-state index is 0.674. The van der Waals surface area contributed by atoms with Gasteiger partial charge in [0.1, 0.15) is 6.29 Å². The van der Waals surface area contributed by atoms with E-state index in [-0.39, 0.29) is 0 Å². The molecule has 4 heteroatoms. The van der Waals surface area contributed by atoms with Crippen LogP contribution in [-0.4, -0.2) is 6.29 Å². The second-order valence-electron chi connectivity index (χ2n) is 2.02. The molecule has 0 unspecified atom stereocenters. The summed E-state index contributed by atoms with van der Waals surface area (Å²) in [4.78, 5) is 10.4. The lowest BCUT2D eigenvalue weighted by Crippen LogP contribution is -1.95. The molecule has 0 bridgehead atoms. The van der Waals surface area contributed by atoms with E-state index in [4.69, 9.17) is 5.73 Å². The number of nitrogen functional groups attached to an aromatic ring is 1. The van der Waals surface area contributed by atoms with E-state index in [1.807, 2.05) is 0 Å². The Balaban J connectivity index is 3.31. The predicted molar refractivity (Wildman–Crippen MR) is 61.7 cm³/mol. The molecule has 0 heterocycles. The standard InChI is InChI=1S/C7H5I2NO/c8-5-1-4(3-11)2-6(9)7(5)10/h1-3H,10H2. The van der Waals surface area contributed by atoms with Gasteiger partial charge in [-0.3, -0.25) is 4.79 Å². The third-order valence-corrected chi connectivity index (χ3v) is 3.02. The first kappa shape index (κ1) is 9.24. The summed E-state index contributed by atoms with van der Waals surface area (Å²) >= 11 is 4.22. The van der Waals surface area contributed by atoms with Crippen LogP contribution >= 0.6 is 45.2 Å². The van der Waals surface area contributed by atoms with Crippen molar-refractivity contribution < 1.29 is 4.79 Å². The molecule has 0 amide bonds. The number of nitrogens with two attached hydrogens (primary N) is 1.